The molecule has 21 heteroatoms. The molecule has 4 amide bonds. The summed E-state index contributed by atoms with van der Waals surface area (Å²) >= 11 is 3.18. The molecule has 3 aliphatic rings. The van der Waals surface area contributed by atoms with Crippen LogP contribution in [0.25, 0.3) is 26.4 Å². The lowest BCUT2D eigenvalue weighted by molar-refractivity contribution is -0.142. The molecule has 7 aromatic rings. The number of nitrogens with zero attached hydrogens (tertiary/aromatic N) is 7. The number of benzene rings is 3. The number of rotatable bonds is 16. The second-order valence-electron chi connectivity index (χ2n) is 21.7. The van der Waals surface area contributed by atoms with Gasteiger partial charge in [-0.05, 0) is 99.5 Å². The standard InChI is InChI=1S/C58H64N10O9S2/c1-30-33(4)79-57-48(30)49(62-43(26-47(70)71)52-65-64-34(5)68(52)57)36-13-15-40(16-14-36)66-21-19-38(27-66)53(72)59-20-22-76-42-17-18-45-39(23-42)24-46(77-45)55(74)63-51(58(6,7)8)56(75)67-28-41(69)25-44(67)54(73)61-31(2)35-9-11-37(12-10-35)50-32(3)60-29-78-50/h9-18,23-24,29,31,38,41,43-44,51,69H,19-22,25-28H2,1-8H3,(H,59,72)(H,61,73)(H,63,74)(H,70,71)/t31-,38+,41+,43-,44-,51+/m0/s1. The number of thiophene rings is 1. The van der Waals surface area contributed by atoms with Crippen molar-refractivity contribution in [2.24, 2.45) is 16.3 Å². The van der Waals surface area contributed by atoms with E-state index in [1.54, 1.807) is 46.9 Å². The van der Waals surface area contributed by atoms with Crippen LogP contribution in [0, 0.1) is 39.0 Å². The highest BCUT2D eigenvalue weighted by Crippen LogP contribution is 2.40. The molecule has 0 spiro atoms. The third kappa shape index (κ3) is 11.3. The van der Waals surface area contributed by atoms with Crippen molar-refractivity contribution in [1.29, 1.82) is 0 Å². The average Bonchev–Trinajstić information content (AvgIpc) is 4.47. The number of β-amino-alcohol motifs (C(OH)–C–C–N with tert-alkyl or cyclic N) is 1. The summed E-state index contributed by atoms with van der Waals surface area (Å²) in [5.41, 5.74) is 8.86. The number of aliphatic carboxylic acids is 1. The maximum atomic E-state index is 14.4. The largest absolute Gasteiger partial charge is 0.492 e. The number of hydrogen-bond acceptors (Lipinski definition) is 15. The van der Waals surface area contributed by atoms with Gasteiger partial charge in [-0.15, -0.1) is 32.9 Å². The molecular formula is C58H64N10O9S2. The number of furan rings is 1. The topological polar surface area (TPSA) is 247 Å². The molecule has 0 radical (unpaired) electrons. The molecule has 10 rings (SSSR count). The molecule has 7 heterocycles. The first-order chi connectivity index (χ1) is 37.7. The number of likely N-dealkylation sites (tertiary alicyclic amines) is 1. The number of aliphatic imine (C=N–C) groups is 1. The molecule has 412 valence electrons. The van der Waals surface area contributed by atoms with Gasteiger partial charge in [-0.3, -0.25) is 33.5 Å². The maximum Gasteiger partial charge on any atom is 0.306 e. The zero-order chi connectivity index (χ0) is 56.0. The van der Waals surface area contributed by atoms with Crippen LogP contribution in [0.5, 0.6) is 5.75 Å². The van der Waals surface area contributed by atoms with Crippen LogP contribution in [0.2, 0.25) is 0 Å². The predicted molar refractivity (Wildman–Crippen MR) is 301 cm³/mol. The number of amides is 4. The Kier molecular flexibility index (Phi) is 15.3. The van der Waals surface area contributed by atoms with Gasteiger partial charge in [0.1, 0.15) is 46.9 Å². The highest BCUT2D eigenvalue weighted by atomic mass is 32.1. The monoisotopic (exact) mass is 1110 g/mol. The Morgan fingerprint density at radius 1 is 0.911 bits per heavy atom. The third-order valence-electron chi connectivity index (χ3n) is 15.1. The molecule has 0 bridgehead atoms. The van der Waals surface area contributed by atoms with Gasteiger partial charge >= 0.3 is 5.97 Å². The minimum absolute atomic E-state index is 0.0201. The van der Waals surface area contributed by atoms with Gasteiger partial charge in [0.2, 0.25) is 17.7 Å². The number of nitrogens with one attached hydrogen (secondary N) is 3. The minimum atomic E-state index is -1.07. The van der Waals surface area contributed by atoms with Gasteiger partial charge in [0.15, 0.2) is 11.6 Å². The molecule has 3 aliphatic heterocycles. The van der Waals surface area contributed by atoms with E-state index in [9.17, 15) is 34.2 Å². The number of aromatic nitrogens is 4. The maximum absolute atomic E-state index is 14.4. The number of ether oxygens (including phenoxy) is 1. The van der Waals surface area contributed by atoms with E-state index >= 15 is 0 Å². The summed E-state index contributed by atoms with van der Waals surface area (Å²) < 4.78 is 13.9. The van der Waals surface area contributed by atoms with Gasteiger partial charge in [-0.2, -0.15) is 0 Å². The van der Waals surface area contributed by atoms with Crippen LogP contribution in [-0.4, -0.2) is 121 Å². The Balaban J connectivity index is 0.716. The Labute approximate surface area is 465 Å². The first-order valence-electron chi connectivity index (χ1n) is 26.4. The number of thiazole rings is 1. The summed E-state index contributed by atoms with van der Waals surface area (Å²) in [5.74, 6) is -1.12. The smallest absolute Gasteiger partial charge is 0.306 e. The Morgan fingerprint density at radius 3 is 2.37 bits per heavy atom. The van der Waals surface area contributed by atoms with Gasteiger partial charge in [0.25, 0.3) is 5.91 Å². The number of carbonyl (C=O) groups excluding carboxylic acids is 4. The summed E-state index contributed by atoms with van der Waals surface area (Å²) in [6.07, 6.45) is -0.415. The summed E-state index contributed by atoms with van der Waals surface area (Å²) in [7, 11) is 0. The van der Waals surface area contributed by atoms with Crippen LogP contribution in [0.3, 0.4) is 0 Å². The third-order valence-corrected chi connectivity index (χ3v) is 17.3. The molecule has 79 heavy (non-hydrogen) atoms. The normalized spacial score (nSPS) is 18.8. The molecular weight excluding hydrogens is 1040 g/mol. The molecule has 4 aromatic heterocycles. The number of aryl methyl sites for hydroxylation is 3. The lowest BCUT2D eigenvalue weighted by Gasteiger charge is -2.35. The summed E-state index contributed by atoms with van der Waals surface area (Å²) in [6.45, 7) is 16.9. The second kappa shape index (κ2) is 22.2. The van der Waals surface area contributed by atoms with Crippen molar-refractivity contribution in [2.45, 2.75) is 105 Å². The molecule has 0 saturated carbocycles. The van der Waals surface area contributed by atoms with E-state index in [0.29, 0.717) is 53.6 Å². The van der Waals surface area contributed by atoms with Crippen molar-refractivity contribution in [3.05, 3.63) is 129 Å². The lowest BCUT2D eigenvalue weighted by Crippen LogP contribution is -2.57. The van der Waals surface area contributed by atoms with E-state index in [2.05, 4.69) is 49.9 Å². The van der Waals surface area contributed by atoms with Crippen molar-refractivity contribution < 1.29 is 43.3 Å². The molecule has 6 atom stereocenters. The number of anilines is 1. The van der Waals surface area contributed by atoms with Crippen LogP contribution in [0.15, 0.2) is 87.7 Å². The van der Waals surface area contributed by atoms with Gasteiger partial charge in [-0.1, -0.05) is 57.2 Å². The fraction of sp³-hybridized carbons (Fsp3) is 0.397. The number of hydrogen-bond donors (Lipinski definition) is 5. The number of aliphatic hydroxyl groups excluding tert-OH is 1. The summed E-state index contributed by atoms with van der Waals surface area (Å²) in [5, 5.41) is 39.7. The fourth-order valence-corrected chi connectivity index (χ4v) is 12.7. The van der Waals surface area contributed by atoms with E-state index in [1.165, 1.54) is 4.90 Å². The molecule has 3 aromatic carbocycles. The van der Waals surface area contributed by atoms with E-state index in [4.69, 9.17) is 14.1 Å². The summed E-state index contributed by atoms with van der Waals surface area (Å²) in [6, 6.07) is 19.5. The van der Waals surface area contributed by atoms with Crippen LogP contribution >= 0.6 is 22.7 Å². The van der Waals surface area contributed by atoms with Gasteiger partial charge in [0, 0.05) is 53.1 Å². The molecule has 0 unspecified atom stereocenters. The van der Waals surface area contributed by atoms with E-state index in [0.717, 1.165) is 54.0 Å². The quantitative estimate of drug-likeness (QED) is 0.0581. The minimum Gasteiger partial charge on any atom is -0.492 e. The highest BCUT2D eigenvalue weighted by molar-refractivity contribution is 7.15. The van der Waals surface area contributed by atoms with Crippen LogP contribution in [0.4, 0.5) is 5.69 Å². The van der Waals surface area contributed by atoms with Gasteiger partial charge in [0.05, 0.1) is 52.8 Å². The van der Waals surface area contributed by atoms with Crippen LogP contribution < -0.4 is 25.6 Å². The lowest BCUT2D eigenvalue weighted by atomic mass is 9.85. The van der Waals surface area contributed by atoms with E-state index in [-0.39, 0.29) is 56.2 Å². The molecule has 2 saturated heterocycles. The number of fused-ring (bicyclic) bond motifs is 4. The zero-order valence-corrected chi connectivity index (χ0v) is 47.0. The Hall–Kier alpha value is -7.75. The van der Waals surface area contributed by atoms with Crippen molar-refractivity contribution in [2.75, 3.05) is 37.7 Å². The Bertz CT molecular complexity index is 3500. The first-order valence-corrected chi connectivity index (χ1v) is 28.1. The van der Waals surface area contributed by atoms with E-state index < -0.39 is 53.3 Å². The first kappa shape index (κ1) is 54.6. The number of carbonyl (C=O) groups is 5. The number of carboxylic acid groups (broad SMARTS) is 1. The van der Waals surface area contributed by atoms with Gasteiger partial charge in [-0.25, -0.2) is 4.98 Å². The number of carboxylic acids is 1. The molecule has 19 nitrogen and oxygen atoms in total. The second-order valence-corrected chi connectivity index (χ2v) is 23.8. The molecule has 5 N–H and O–H groups in total. The SMILES string of the molecule is Cc1ncsc1-c1ccc([C@H](C)NC(=O)[C@@H]2C[C@@H](O)CN2C(=O)[C@@H](NC(=O)c2cc3cc(OCCNC(=O)[C@@H]4CCN(c5ccc(C6=N[C@@H](CC(=O)O)c7nnc(C)n7-c7sc(C)c(C)c76)cc5)C4)ccc3o2)C(C)(C)C)cc1. The van der Waals surface area contributed by atoms with Crippen LogP contribution in [0.1, 0.15) is 114 Å². The zero-order valence-electron chi connectivity index (χ0n) is 45.3. The highest BCUT2D eigenvalue weighted by Gasteiger charge is 2.45. The number of aliphatic hydroxyl groups is 1. The van der Waals surface area contributed by atoms with Crippen molar-refractivity contribution >= 4 is 74.6 Å². The van der Waals surface area contributed by atoms with Crippen LogP contribution in [-0.2, 0) is 19.2 Å². The summed E-state index contributed by atoms with van der Waals surface area (Å²) in [4.78, 5) is 82.6. The van der Waals surface area contributed by atoms with E-state index in [1.807, 2.05) is 100 Å². The predicted octanol–water partition coefficient (Wildman–Crippen LogP) is 7.80. The molecule has 0 aliphatic carbocycles. The van der Waals surface area contributed by atoms with Gasteiger partial charge < -0.3 is 45.1 Å². The van der Waals surface area contributed by atoms with Crippen molar-refractivity contribution in [1.82, 2.24) is 40.6 Å². The fourth-order valence-electron chi connectivity index (χ4n) is 10.7. The van der Waals surface area contributed by atoms with Crippen molar-refractivity contribution in [3.63, 3.8) is 0 Å². The average molecular weight is 1110 g/mol. The Morgan fingerprint density at radius 2 is 1.66 bits per heavy atom. The molecule has 2 fully saturated rings. The van der Waals surface area contributed by atoms with Crippen molar-refractivity contribution in [3.8, 4) is 21.2 Å².